The summed E-state index contributed by atoms with van der Waals surface area (Å²) >= 11 is 0. The van der Waals surface area contributed by atoms with Crippen molar-refractivity contribution in [3.63, 3.8) is 0 Å². The highest BCUT2D eigenvalue weighted by Crippen LogP contribution is 2.17. The maximum absolute atomic E-state index is 11.4. The van der Waals surface area contributed by atoms with Crippen LogP contribution in [0.15, 0.2) is 29.6 Å². The Morgan fingerprint density at radius 3 is 2.52 bits per heavy atom. The van der Waals surface area contributed by atoms with Crippen molar-refractivity contribution < 1.29 is 19.2 Å². The second kappa shape index (κ2) is 7.53. The third-order valence-electron chi connectivity index (χ3n) is 2.22. The van der Waals surface area contributed by atoms with Gasteiger partial charge in [0.25, 0.3) is 5.69 Å². The fourth-order valence-electron chi connectivity index (χ4n) is 1.27. The third-order valence-corrected chi connectivity index (χ3v) is 2.22. The fourth-order valence-corrected chi connectivity index (χ4v) is 1.27. The Morgan fingerprint density at radius 1 is 1.38 bits per heavy atom. The van der Waals surface area contributed by atoms with Crippen LogP contribution in [0.2, 0.25) is 0 Å². The minimum absolute atomic E-state index is 0.117. The molecule has 21 heavy (non-hydrogen) atoms. The van der Waals surface area contributed by atoms with Gasteiger partial charge in [-0.05, 0) is 12.1 Å². The highest BCUT2D eigenvalue weighted by molar-refractivity contribution is 5.83. The zero-order chi connectivity index (χ0) is 15.8. The summed E-state index contributed by atoms with van der Waals surface area (Å²) in [5.74, 6) is -1.21. The predicted octanol–water partition coefficient (Wildman–Crippen LogP) is 0.230. The molecule has 10 nitrogen and oxygen atoms in total. The molecule has 1 aromatic carbocycles. The van der Waals surface area contributed by atoms with Crippen molar-refractivity contribution in [3.8, 4) is 5.75 Å². The first-order valence-electron chi connectivity index (χ1n) is 5.68. The molecule has 1 aromatic rings. The van der Waals surface area contributed by atoms with Crippen LogP contribution < -0.4 is 10.1 Å². The average Bonchev–Trinajstić information content (AvgIpc) is 2.45. The fraction of sp³-hybridized carbons (Fsp3) is 0.273. The Hall–Kier alpha value is -3.04. The van der Waals surface area contributed by atoms with Crippen LogP contribution >= 0.6 is 0 Å². The van der Waals surface area contributed by atoms with E-state index in [0.717, 1.165) is 5.01 Å². The van der Waals surface area contributed by atoms with E-state index in [-0.39, 0.29) is 18.0 Å². The smallest absolute Gasteiger partial charge is 0.330 e. The molecule has 0 spiro atoms. The Balaban J connectivity index is 2.41. The molecular formula is C11H12N4O6. The molecule has 112 valence electrons. The molecule has 0 fully saturated rings. The van der Waals surface area contributed by atoms with Crippen LogP contribution in [0.1, 0.15) is 0 Å². The van der Waals surface area contributed by atoms with Crippen molar-refractivity contribution >= 4 is 17.6 Å². The maximum Gasteiger partial charge on any atom is 0.330 e. The van der Waals surface area contributed by atoms with Gasteiger partial charge in [-0.3, -0.25) is 19.9 Å². The summed E-state index contributed by atoms with van der Waals surface area (Å²) in [4.78, 5) is 42.6. The Bertz CT molecular complexity index is 544. The van der Waals surface area contributed by atoms with Crippen LogP contribution in [0.4, 0.5) is 5.69 Å². The van der Waals surface area contributed by atoms with Crippen LogP contribution in [0.3, 0.4) is 0 Å². The number of nitro benzene ring substituents is 1. The van der Waals surface area contributed by atoms with E-state index in [4.69, 9.17) is 4.74 Å². The number of hydrogen-bond acceptors (Lipinski definition) is 7. The van der Waals surface area contributed by atoms with Crippen molar-refractivity contribution in [1.82, 2.24) is 10.3 Å². The summed E-state index contributed by atoms with van der Waals surface area (Å²) in [6.45, 7) is -0.684. The highest BCUT2D eigenvalue weighted by atomic mass is 16.6. The first kappa shape index (κ1) is 16.0. The number of ether oxygens (including phenoxy) is 1. The van der Waals surface area contributed by atoms with Crippen LogP contribution in [-0.4, -0.2) is 41.9 Å². The van der Waals surface area contributed by atoms with Crippen LogP contribution in [0.25, 0.3) is 0 Å². The van der Waals surface area contributed by atoms with Crippen molar-refractivity contribution in [2.45, 2.75) is 0 Å². The Morgan fingerprint density at radius 2 is 2.00 bits per heavy atom. The minimum atomic E-state index is -0.751. The number of amides is 1. The summed E-state index contributed by atoms with van der Waals surface area (Å²) in [6, 6.07) is 4.90. The van der Waals surface area contributed by atoms with Crippen LogP contribution in [-0.2, 0) is 9.59 Å². The summed E-state index contributed by atoms with van der Waals surface area (Å²) in [6.07, 6.45) is 0. The second-order valence-corrected chi connectivity index (χ2v) is 3.90. The van der Waals surface area contributed by atoms with Gasteiger partial charge >= 0.3 is 5.97 Å². The Labute approximate surface area is 118 Å². The maximum atomic E-state index is 11.4. The molecule has 0 aliphatic heterocycles. The highest BCUT2D eigenvalue weighted by Gasteiger charge is 2.11. The van der Waals surface area contributed by atoms with Gasteiger partial charge in [0.15, 0.2) is 0 Å². The Kier molecular flexibility index (Phi) is 5.74. The van der Waals surface area contributed by atoms with Gasteiger partial charge in [0.1, 0.15) is 18.8 Å². The number of hydrogen-bond donors (Lipinski definition) is 1. The lowest BCUT2D eigenvalue weighted by Crippen LogP contribution is -2.37. The monoisotopic (exact) mass is 296 g/mol. The van der Waals surface area contributed by atoms with Crippen molar-refractivity contribution in [2.75, 3.05) is 20.1 Å². The summed E-state index contributed by atoms with van der Waals surface area (Å²) < 4.78 is 4.86. The summed E-state index contributed by atoms with van der Waals surface area (Å²) in [7, 11) is 1.31. The molecule has 0 unspecified atom stereocenters. The second-order valence-electron chi connectivity index (χ2n) is 3.90. The van der Waals surface area contributed by atoms with Gasteiger partial charge in [0.2, 0.25) is 5.91 Å². The molecular weight excluding hydrogens is 284 g/mol. The van der Waals surface area contributed by atoms with Gasteiger partial charge in [0, 0.05) is 19.2 Å². The van der Waals surface area contributed by atoms with E-state index in [1.54, 1.807) is 0 Å². The van der Waals surface area contributed by atoms with E-state index in [1.165, 1.54) is 31.3 Å². The quantitative estimate of drug-likeness (QED) is 0.250. The van der Waals surface area contributed by atoms with Crippen molar-refractivity contribution in [3.05, 3.63) is 39.3 Å². The number of nitrogens with one attached hydrogen (secondary N) is 1. The molecule has 1 amide bonds. The average molecular weight is 296 g/mol. The van der Waals surface area contributed by atoms with E-state index in [9.17, 15) is 24.6 Å². The topological polar surface area (TPSA) is 131 Å². The normalized spacial score (nSPS) is 9.57. The van der Waals surface area contributed by atoms with Gasteiger partial charge in [-0.1, -0.05) is 0 Å². The lowest BCUT2D eigenvalue weighted by molar-refractivity contribution is -0.384. The number of nitro groups is 1. The van der Waals surface area contributed by atoms with Crippen molar-refractivity contribution in [1.29, 1.82) is 0 Å². The molecule has 0 atom stereocenters. The van der Waals surface area contributed by atoms with Gasteiger partial charge in [-0.15, -0.1) is 4.91 Å². The molecule has 1 N–H and O–H groups in total. The number of benzene rings is 1. The summed E-state index contributed by atoms with van der Waals surface area (Å²) in [5.41, 5.74) is -0.132. The van der Waals surface area contributed by atoms with Crippen LogP contribution in [0, 0.1) is 15.0 Å². The predicted molar refractivity (Wildman–Crippen MR) is 70.2 cm³/mol. The molecule has 0 aliphatic rings. The van der Waals surface area contributed by atoms with E-state index in [1.807, 2.05) is 0 Å². The molecule has 0 saturated carbocycles. The van der Waals surface area contributed by atoms with E-state index < -0.39 is 23.3 Å². The van der Waals surface area contributed by atoms with Crippen LogP contribution in [0.5, 0.6) is 5.75 Å². The summed E-state index contributed by atoms with van der Waals surface area (Å²) in [5, 5.41) is 16.0. The van der Waals surface area contributed by atoms with Gasteiger partial charge in [-0.2, -0.15) is 0 Å². The van der Waals surface area contributed by atoms with Crippen molar-refractivity contribution in [2.24, 2.45) is 5.29 Å². The van der Waals surface area contributed by atoms with E-state index >= 15 is 0 Å². The number of likely N-dealkylation sites (N-methyl/N-ethyl adjacent to an activating group) is 1. The number of esters is 1. The number of carbonyl (C=O) groups excluding carboxylic acids is 2. The number of rotatable bonds is 7. The molecule has 0 saturated heterocycles. The zero-order valence-corrected chi connectivity index (χ0v) is 11.0. The molecule has 0 bridgehead atoms. The van der Waals surface area contributed by atoms with Gasteiger partial charge in [0.05, 0.1) is 10.2 Å². The number of non-ortho nitro benzene ring substituents is 1. The van der Waals surface area contributed by atoms with Gasteiger partial charge < -0.3 is 10.1 Å². The zero-order valence-electron chi connectivity index (χ0n) is 11.0. The first-order valence-corrected chi connectivity index (χ1v) is 5.68. The SMILES string of the molecule is CN(CC(=O)NCC(=O)Oc1ccc([N+](=O)[O-])cc1)N=O. The minimum Gasteiger partial charge on any atom is -0.425 e. The van der Waals surface area contributed by atoms with E-state index in [0.29, 0.717) is 0 Å². The van der Waals surface area contributed by atoms with E-state index in [2.05, 4.69) is 10.6 Å². The molecule has 0 heterocycles. The standard InChI is InChI=1S/C11H12N4O6/c1-14(13-18)7-10(16)12-6-11(17)21-9-4-2-8(3-5-9)15(19)20/h2-5H,6-7H2,1H3,(H,12,16). The lowest BCUT2D eigenvalue weighted by Gasteiger charge is -2.09. The molecule has 0 aromatic heterocycles. The largest absolute Gasteiger partial charge is 0.425 e. The molecule has 0 radical (unpaired) electrons. The molecule has 1 rings (SSSR count). The lowest BCUT2D eigenvalue weighted by atomic mass is 10.3. The third kappa shape index (κ3) is 5.63. The number of nitroso groups, excluding NO2 is 1. The number of nitrogens with zero attached hydrogens (tertiary/aromatic N) is 3. The number of carbonyl (C=O) groups is 2. The van der Waals surface area contributed by atoms with Gasteiger partial charge in [-0.25, -0.2) is 4.79 Å². The molecule has 10 heteroatoms. The molecule has 0 aliphatic carbocycles. The first-order chi connectivity index (χ1) is 9.92.